The molecular weight excluding hydrogens is 344 g/mol. The number of methoxy groups -OCH3 is 1. The van der Waals surface area contributed by atoms with Crippen molar-refractivity contribution in [3.05, 3.63) is 59.9 Å². The number of Topliss-reactive ketones (excluding diaryl/α,β-unsaturated/α-hetero) is 1. The van der Waals surface area contributed by atoms with Gasteiger partial charge in [-0.05, 0) is 55.2 Å². The number of benzene rings is 1. The number of rotatable bonds is 8. The van der Waals surface area contributed by atoms with E-state index in [4.69, 9.17) is 4.74 Å². The number of pyridine rings is 1. The maximum atomic E-state index is 12.4. The molecule has 1 atom stereocenters. The molecule has 6 nitrogen and oxygen atoms in total. The first-order valence-electron chi connectivity index (χ1n) is 9.12. The van der Waals surface area contributed by atoms with Gasteiger partial charge >= 0.3 is 0 Å². The first kappa shape index (κ1) is 19.0. The molecule has 1 saturated carbocycles. The molecule has 1 unspecified atom stereocenters. The molecule has 3 rings (SSSR count). The first-order valence-corrected chi connectivity index (χ1v) is 9.12. The van der Waals surface area contributed by atoms with Crippen molar-refractivity contribution in [3.8, 4) is 5.75 Å². The van der Waals surface area contributed by atoms with Crippen LogP contribution in [0.4, 0.5) is 0 Å². The highest BCUT2D eigenvalue weighted by Crippen LogP contribution is 2.37. The zero-order chi connectivity index (χ0) is 19.2. The molecule has 27 heavy (non-hydrogen) atoms. The Balaban J connectivity index is 1.56. The number of aliphatic hydroxyl groups is 1. The highest BCUT2D eigenvalue weighted by Gasteiger charge is 2.36. The summed E-state index contributed by atoms with van der Waals surface area (Å²) in [6.07, 6.45) is 2.92. The van der Waals surface area contributed by atoms with Gasteiger partial charge in [-0.1, -0.05) is 6.07 Å². The van der Waals surface area contributed by atoms with Crippen molar-refractivity contribution in [2.45, 2.75) is 37.8 Å². The Labute approximate surface area is 158 Å². The molecule has 1 aromatic carbocycles. The molecule has 2 aromatic rings. The van der Waals surface area contributed by atoms with E-state index in [0.29, 0.717) is 24.2 Å². The van der Waals surface area contributed by atoms with Gasteiger partial charge in [0.2, 0.25) is 5.91 Å². The minimum absolute atomic E-state index is 0.0822. The average Bonchev–Trinajstić information content (AvgIpc) is 2.69. The molecule has 0 bridgehead atoms. The maximum absolute atomic E-state index is 12.4. The van der Waals surface area contributed by atoms with E-state index in [-0.39, 0.29) is 42.6 Å². The molecule has 2 N–H and O–H groups in total. The van der Waals surface area contributed by atoms with Gasteiger partial charge in [0.15, 0.2) is 5.78 Å². The largest absolute Gasteiger partial charge is 0.497 e. The number of aromatic nitrogens is 1. The second kappa shape index (κ2) is 8.77. The summed E-state index contributed by atoms with van der Waals surface area (Å²) in [4.78, 5) is 29.0. The SMILES string of the molecule is COc1ccc(C(=O)CCC(=O)NC(c2ccccn2)C2CC(O)C2)cc1. The molecule has 0 spiro atoms. The number of ketones is 1. The number of hydrogen-bond acceptors (Lipinski definition) is 5. The fraction of sp³-hybridized carbons (Fsp3) is 0.381. The monoisotopic (exact) mass is 368 g/mol. The van der Waals surface area contributed by atoms with E-state index in [1.165, 1.54) is 0 Å². The topological polar surface area (TPSA) is 88.5 Å². The molecule has 0 aliphatic heterocycles. The molecule has 0 radical (unpaired) electrons. The fourth-order valence-electron chi connectivity index (χ4n) is 3.29. The minimum Gasteiger partial charge on any atom is -0.497 e. The van der Waals surface area contributed by atoms with Crippen molar-refractivity contribution in [2.24, 2.45) is 5.92 Å². The molecule has 1 aliphatic rings. The average molecular weight is 368 g/mol. The van der Waals surface area contributed by atoms with Crippen LogP contribution in [0.1, 0.15) is 47.8 Å². The predicted molar refractivity (Wildman–Crippen MR) is 100 cm³/mol. The van der Waals surface area contributed by atoms with Crippen LogP contribution in [0.15, 0.2) is 48.7 Å². The normalized spacial score (nSPS) is 19.6. The highest BCUT2D eigenvalue weighted by molar-refractivity contribution is 5.98. The lowest BCUT2D eigenvalue weighted by atomic mass is 9.76. The van der Waals surface area contributed by atoms with Gasteiger partial charge in [0, 0.05) is 24.6 Å². The van der Waals surface area contributed by atoms with Crippen LogP contribution in [0.5, 0.6) is 5.75 Å². The van der Waals surface area contributed by atoms with Gasteiger partial charge in [-0.3, -0.25) is 14.6 Å². The number of carbonyl (C=O) groups is 2. The lowest BCUT2D eigenvalue weighted by Gasteiger charge is -2.37. The molecule has 0 saturated heterocycles. The third-order valence-corrected chi connectivity index (χ3v) is 4.94. The molecule has 1 amide bonds. The zero-order valence-electron chi connectivity index (χ0n) is 15.3. The van der Waals surface area contributed by atoms with Crippen molar-refractivity contribution in [2.75, 3.05) is 7.11 Å². The van der Waals surface area contributed by atoms with Crippen molar-refractivity contribution >= 4 is 11.7 Å². The van der Waals surface area contributed by atoms with E-state index < -0.39 is 0 Å². The van der Waals surface area contributed by atoms with Crippen LogP contribution >= 0.6 is 0 Å². The maximum Gasteiger partial charge on any atom is 0.220 e. The predicted octanol–water partition coefficient (Wildman–Crippen LogP) is 2.68. The zero-order valence-corrected chi connectivity index (χ0v) is 15.3. The van der Waals surface area contributed by atoms with Gasteiger partial charge in [0.25, 0.3) is 0 Å². The molecule has 1 aromatic heterocycles. The number of ether oxygens (including phenoxy) is 1. The van der Waals surface area contributed by atoms with Crippen LogP contribution in [0.3, 0.4) is 0 Å². The highest BCUT2D eigenvalue weighted by atomic mass is 16.5. The van der Waals surface area contributed by atoms with E-state index in [2.05, 4.69) is 10.3 Å². The molecule has 142 valence electrons. The number of nitrogens with zero attached hydrogens (tertiary/aromatic N) is 1. The van der Waals surface area contributed by atoms with Gasteiger partial charge in [0.1, 0.15) is 5.75 Å². The molecule has 1 heterocycles. The van der Waals surface area contributed by atoms with Crippen molar-refractivity contribution in [1.82, 2.24) is 10.3 Å². The quantitative estimate of drug-likeness (QED) is 0.700. The summed E-state index contributed by atoms with van der Waals surface area (Å²) in [5.74, 6) is 0.580. The molecular formula is C21H24N2O4. The van der Waals surface area contributed by atoms with Crippen molar-refractivity contribution in [1.29, 1.82) is 0 Å². The Bertz CT molecular complexity index is 771. The lowest BCUT2D eigenvalue weighted by Crippen LogP contribution is -2.41. The summed E-state index contributed by atoms with van der Waals surface area (Å²) in [6, 6.07) is 12.2. The van der Waals surface area contributed by atoms with E-state index in [1.807, 2.05) is 18.2 Å². The fourth-order valence-corrected chi connectivity index (χ4v) is 3.29. The number of carbonyl (C=O) groups excluding carboxylic acids is 2. The van der Waals surface area contributed by atoms with E-state index in [0.717, 1.165) is 5.69 Å². The summed E-state index contributed by atoms with van der Waals surface area (Å²) in [6.45, 7) is 0. The standard InChI is InChI=1S/C21H24N2O4/c1-27-17-7-5-14(6-8-17)19(25)9-10-20(26)23-21(15-12-16(24)13-15)18-4-2-3-11-22-18/h2-8,11,15-16,21,24H,9-10,12-13H2,1H3,(H,23,26). The van der Waals surface area contributed by atoms with Gasteiger partial charge < -0.3 is 15.2 Å². The van der Waals surface area contributed by atoms with Crippen LogP contribution < -0.4 is 10.1 Å². The van der Waals surface area contributed by atoms with E-state index in [9.17, 15) is 14.7 Å². The number of nitrogens with one attached hydrogen (secondary N) is 1. The van der Waals surface area contributed by atoms with Crippen LogP contribution in [0, 0.1) is 5.92 Å². The number of hydrogen-bond donors (Lipinski definition) is 2. The number of amides is 1. The third kappa shape index (κ3) is 4.92. The summed E-state index contributed by atoms with van der Waals surface area (Å²) in [5.41, 5.74) is 1.34. The first-order chi connectivity index (χ1) is 13.1. The van der Waals surface area contributed by atoms with Crippen LogP contribution in [0.2, 0.25) is 0 Å². The van der Waals surface area contributed by atoms with Crippen LogP contribution in [-0.4, -0.2) is 35.0 Å². The van der Waals surface area contributed by atoms with Gasteiger partial charge in [-0.2, -0.15) is 0 Å². The summed E-state index contributed by atoms with van der Waals surface area (Å²) in [7, 11) is 1.57. The Morgan fingerprint density at radius 2 is 1.93 bits per heavy atom. The van der Waals surface area contributed by atoms with Gasteiger partial charge in [-0.25, -0.2) is 0 Å². The molecule has 1 aliphatic carbocycles. The van der Waals surface area contributed by atoms with Crippen molar-refractivity contribution in [3.63, 3.8) is 0 Å². The van der Waals surface area contributed by atoms with E-state index in [1.54, 1.807) is 37.6 Å². The Hall–Kier alpha value is -2.73. The van der Waals surface area contributed by atoms with Gasteiger partial charge in [-0.15, -0.1) is 0 Å². The summed E-state index contributed by atoms with van der Waals surface area (Å²) in [5, 5.41) is 12.6. The smallest absolute Gasteiger partial charge is 0.220 e. The Morgan fingerprint density at radius 3 is 2.52 bits per heavy atom. The second-order valence-corrected chi connectivity index (χ2v) is 6.84. The third-order valence-electron chi connectivity index (χ3n) is 4.94. The summed E-state index contributed by atoms with van der Waals surface area (Å²) < 4.78 is 5.08. The molecule has 6 heteroatoms. The molecule has 1 fully saturated rings. The van der Waals surface area contributed by atoms with Crippen LogP contribution in [-0.2, 0) is 4.79 Å². The van der Waals surface area contributed by atoms with Gasteiger partial charge in [0.05, 0.1) is 24.9 Å². The van der Waals surface area contributed by atoms with Crippen LogP contribution in [0.25, 0.3) is 0 Å². The minimum atomic E-state index is -0.310. The second-order valence-electron chi connectivity index (χ2n) is 6.84. The summed E-state index contributed by atoms with van der Waals surface area (Å²) >= 11 is 0. The Morgan fingerprint density at radius 1 is 1.19 bits per heavy atom. The lowest BCUT2D eigenvalue weighted by molar-refractivity contribution is -0.123. The van der Waals surface area contributed by atoms with Crippen molar-refractivity contribution < 1.29 is 19.4 Å². The Kier molecular flexibility index (Phi) is 6.19. The van der Waals surface area contributed by atoms with E-state index >= 15 is 0 Å². The number of aliphatic hydroxyl groups excluding tert-OH is 1.